The van der Waals surface area contributed by atoms with Crippen molar-refractivity contribution >= 4 is 34.8 Å². The van der Waals surface area contributed by atoms with Gasteiger partial charge < -0.3 is 15.0 Å². The molecule has 2 aromatic rings. The second kappa shape index (κ2) is 8.35. The zero-order valence-corrected chi connectivity index (χ0v) is 16.2. The molecule has 3 rings (SSSR count). The molecule has 2 amide bonds. The molecular weight excluding hydrogens is 364 g/mol. The molecule has 6 nitrogen and oxygen atoms in total. The first kappa shape index (κ1) is 19.1. The summed E-state index contributed by atoms with van der Waals surface area (Å²) in [6, 6.07) is 8.67. The Morgan fingerprint density at radius 2 is 2.07 bits per heavy atom. The lowest BCUT2D eigenvalue weighted by Gasteiger charge is -2.22. The third-order valence-corrected chi connectivity index (χ3v) is 5.39. The van der Waals surface area contributed by atoms with Crippen LogP contribution in [0.15, 0.2) is 35.7 Å². The number of hydrogen-bond donors (Lipinski definition) is 1. The number of anilines is 1. The number of likely N-dealkylation sites (tertiary alicyclic amines) is 1. The van der Waals surface area contributed by atoms with Crippen LogP contribution in [0.1, 0.15) is 33.6 Å². The van der Waals surface area contributed by atoms with Crippen LogP contribution in [0.3, 0.4) is 0 Å². The summed E-state index contributed by atoms with van der Waals surface area (Å²) in [5, 5.41) is 4.59. The molecule has 1 fully saturated rings. The summed E-state index contributed by atoms with van der Waals surface area (Å²) in [7, 11) is 0. The van der Waals surface area contributed by atoms with Crippen LogP contribution in [-0.4, -0.2) is 41.9 Å². The van der Waals surface area contributed by atoms with Crippen LogP contribution in [0, 0.1) is 13.8 Å². The number of nitrogens with zero attached hydrogens (tertiary/aromatic N) is 1. The highest BCUT2D eigenvalue weighted by molar-refractivity contribution is 7.12. The molecule has 1 aromatic heterocycles. The van der Waals surface area contributed by atoms with Crippen LogP contribution in [-0.2, 0) is 14.3 Å². The van der Waals surface area contributed by atoms with Gasteiger partial charge in [-0.1, -0.05) is 18.2 Å². The second-order valence-corrected chi connectivity index (χ2v) is 7.56. The molecule has 1 N–H and O–H groups in total. The Morgan fingerprint density at radius 1 is 1.26 bits per heavy atom. The maximum absolute atomic E-state index is 12.5. The first-order chi connectivity index (χ1) is 13.0. The van der Waals surface area contributed by atoms with Crippen LogP contribution in [0.25, 0.3) is 0 Å². The zero-order chi connectivity index (χ0) is 19.4. The molecule has 1 atom stereocenters. The fourth-order valence-electron chi connectivity index (χ4n) is 3.09. The highest BCUT2D eigenvalue weighted by Gasteiger charge is 2.36. The Bertz CT molecular complexity index is 848. The lowest BCUT2D eigenvalue weighted by molar-refractivity contribution is -0.151. The van der Waals surface area contributed by atoms with Crippen molar-refractivity contribution < 1.29 is 19.1 Å². The summed E-state index contributed by atoms with van der Waals surface area (Å²) >= 11 is 1.35. The average Bonchev–Trinajstić information content (AvgIpc) is 3.34. The molecule has 0 spiro atoms. The van der Waals surface area contributed by atoms with E-state index in [-0.39, 0.29) is 12.5 Å². The maximum Gasteiger partial charge on any atom is 0.329 e. The molecule has 7 heteroatoms. The largest absolute Gasteiger partial charge is 0.454 e. The molecule has 0 saturated carbocycles. The SMILES string of the molecule is Cc1ccc(C)c(NC(=O)COC(=O)[C@@H]2CCCN2C(=O)c2cccs2)c1. The highest BCUT2D eigenvalue weighted by atomic mass is 32.1. The minimum absolute atomic E-state index is 0.163. The maximum atomic E-state index is 12.5. The fourth-order valence-corrected chi connectivity index (χ4v) is 3.77. The lowest BCUT2D eigenvalue weighted by Crippen LogP contribution is -2.41. The molecule has 0 aliphatic carbocycles. The van der Waals surface area contributed by atoms with Gasteiger partial charge in [-0.05, 0) is 55.3 Å². The smallest absolute Gasteiger partial charge is 0.329 e. The molecular formula is C20H22N2O4S. The Balaban J connectivity index is 1.56. The van der Waals surface area contributed by atoms with Gasteiger partial charge in [0.15, 0.2) is 6.61 Å². The summed E-state index contributed by atoms with van der Waals surface area (Å²) in [5.41, 5.74) is 2.66. The zero-order valence-electron chi connectivity index (χ0n) is 15.4. The van der Waals surface area contributed by atoms with Crippen LogP contribution in [0.4, 0.5) is 5.69 Å². The van der Waals surface area contributed by atoms with E-state index in [2.05, 4.69) is 5.32 Å². The van der Waals surface area contributed by atoms with Crippen molar-refractivity contribution in [3.63, 3.8) is 0 Å². The minimum Gasteiger partial charge on any atom is -0.454 e. The number of carbonyl (C=O) groups excluding carboxylic acids is 3. The van der Waals surface area contributed by atoms with E-state index >= 15 is 0 Å². The molecule has 1 aliphatic rings. The van der Waals surface area contributed by atoms with Gasteiger partial charge in [0.1, 0.15) is 6.04 Å². The number of amides is 2. The number of rotatable bonds is 5. The Hall–Kier alpha value is -2.67. The second-order valence-electron chi connectivity index (χ2n) is 6.61. The molecule has 1 aliphatic heterocycles. The van der Waals surface area contributed by atoms with Crippen molar-refractivity contribution in [3.05, 3.63) is 51.7 Å². The van der Waals surface area contributed by atoms with Gasteiger partial charge in [0.2, 0.25) is 0 Å². The number of nitrogens with one attached hydrogen (secondary N) is 1. The molecule has 2 heterocycles. The predicted molar refractivity (Wildman–Crippen MR) is 104 cm³/mol. The van der Waals surface area contributed by atoms with E-state index in [0.29, 0.717) is 23.5 Å². The number of carbonyl (C=O) groups is 3. The van der Waals surface area contributed by atoms with E-state index in [9.17, 15) is 14.4 Å². The Morgan fingerprint density at radius 3 is 2.81 bits per heavy atom. The van der Waals surface area contributed by atoms with Gasteiger partial charge in [-0.15, -0.1) is 11.3 Å². The minimum atomic E-state index is -0.631. The van der Waals surface area contributed by atoms with Crippen molar-refractivity contribution in [2.75, 3.05) is 18.5 Å². The fraction of sp³-hybridized carbons (Fsp3) is 0.350. The van der Waals surface area contributed by atoms with E-state index in [1.165, 1.54) is 16.2 Å². The van der Waals surface area contributed by atoms with Crippen molar-refractivity contribution in [1.29, 1.82) is 0 Å². The molecule has 0 bridgehead atoms. The van der Waals surface area contributed by atoms with Gasteiger partial charge in [0, 0.05) is 12.2 Å². The normalized spacial score (nSPS) is 16.2. The average molecular weight is 386 g/mol. The molecule has 1 aromatic carbocycles. The Kier molecular flexibility index (Phi) is 5.91. The Labute approximate surface area is 162 Å². The van der Waals surface area contributed by atoms with Crippen molar-refractivity contribution in [1.82, 2.24) is 4.90 Å². The van der Waals surface area contributed by atoms with Gasteiger partial charge in [-0.2, -0.15) is 0 Å². The molecule has 142 valence electrons. The molecule has 1 saturated heterocycles. The van der Waals surface area contributed by atoms with E-state index < -0.39 is 17.9 Å². The van der Waals surface area contributed by atoms with Crippen LogP contribution in [0.5, 0.6) is 0 Å². The third kappa shape index (κ3) is 4.54. The van der Waals surface area contributed by atoms with E-state index in [1.54, 1.807) is 12.1 Å². The molecule has 27 heavy (non-hydrogen) atoms. The number of aryl methyl sites for hydroxylation is 2. The first-order valence-electron chi connectivity index (χ1n) is 8.84. The molecule has 0 unspecified atom stereocenters. The lowest BCUT2D eigenvalue weighted by atomic mass is 10.1. The molecule has 0 radical (unpaired) electrons. The van der Waals surface area contributed by atoms with E-state index in [1.807, 2.05) is 37.4 Å². The predicted octanol–water partition coefficient (Wildman–Crippen LogP) is 3.15. The van der Waals surface area contributed by atoms with E-state index in [0.717, 1.165) is 17.5 Å². The highest BCUT2D eigenvalue weighted by Crippen LogP contribution is 2.23. The van der Waals surface area contributed by atoms with Gasteiger partial charge in [-0.25, -0.2) is 4.79 Å². The number of thiophene rings is 1. The van der Waals surface area contributed by atoms with Gasteiger partial charge in [0.25, 0.3) is 11.8 Å². The third-order valence-electron chi connectivity index (χ3n) is 4.53. The summed E-state index contributed by atoms with van der Waals surface area (Å²) < 4.78 is 5.19. The van der Waals surface area contributed by atoms with Crippen molar-refractivity contribution in [3.8, 4) is 0 Å². The number of ether oxygens (including phenoxy) is 1. The van der Waals surface area contributed by atoms with Crippen LogP contribution in [0.2, 0.25) is 0 Å². The van der Waals surface area contributed by atoms with Crippen molar-refractivity contribution in [2.45, 2.75) is 32.7 Å². The number of esters is 1. The monoisotopic (exact) mass is 386 g/mol. The van der Waals surface area contributed by atoms with Gasteiger partial charge in [-0.3, -0.25) is 9.59 Å². The quantitative estimate of drug-likeness (QED) is 0.801. The standard InChI is InChI=1S/C20H22N2O4S/c1-13-7-8-14(2)15(11-13)21-18(23)12-26-20(25)16-5-3-9-22(16)19(24)17-6-4-10-27-17/h4,6-8,10-11,16H,3,5,9,12H2,1-2H3,(H,21,23)/t16-/m0/s1. The van der Waals surface area contributed by atoms with Gasteiger partial charge in [0.05, 0.1) is 4.88 Å². The number of benzene rings is 1. The van der Waals surface area contributed by atoms with E-state index in [4.69, 9.17) is 4.74 Å². The van der Waals surface area contributed by atoms with Crippen LogP contribution >= 0.6 is 11.3 Å². The first-order valence-corrected chi connectivity index (χ1v) is 9.72. The van der Waals surface area contributed by atoms with Gasteiger partial charge >= 0.3 is 5.97 Å². The number of hydrogen-bond acceptors (Lipinski definition) is 5. The summed E-state index contributed by atoms with van der Waals surface area (Å²) in [6.45, 7) is 3.98. The summed E-state index contributed by atoms with van der Waals surface area (Å²) in [4.78, 5) is 39.2. The summed E-state index contributed by atoms with van der Waals surface area (Å²) in [6.07, 6.45) is 1.29. The topological polar surface area (TPSA) is 75.7 Å². The summed E-state index contributed by atoms with van der Waals surface area (Å²) in [5.74, 6) is -1.09. The van der Waals surface area contributed by atoms with Crippen LogP contribution < -0.4 is 5.32 Å². The van der Waals surface area contributed by atoms with Crippen molar-refractivity contribution in [2.24, 2.45) is 0 Å².